The third-order valence-corrected chi connectivity index (χ3v) is 3.65. The molecule has 2 unspecified atom stereocenters. The van der Waals surface area contributed by atoms with Gasteiger partial charge in [-0.1, -0.05) is 40.2 Å². The van der Waals surface area contributed by atoms with Crippen LogP contribution in [0.5, 0.6) is 0 Å². The fraction of sp³-hybridized carbons (Fsp3) is 0.200. The summed E-state index contributed by atoms with van der Waals surface area (Å²) in [6, 6.07) is 13.6. The van der Waals surface area contributed by atoms with Crippen LogP contribution >= 0.6 is 15.9 Å². The average Bonchev–Trinajstić information content (AvgIpc) is 2.40. The van der Waals surface area contributed by atoms with Crippen molar-refractivity contribution in [3.8, 4) is 0 Å². The van der Waals surface area contributed by atoms with E-state index >= 15 is 0 Å². The van der Waals surface area contributed by atoms with E-state index in [-0.39, 0.29) is 18.3 Å². The minimum Gasteiger partial charge on any atom is -0.388 e. The van der Waals surface area contributed by atoms with E-state index in [1.807, 2.05) is 24.3 Å². The van der Waals surface area contributed by atoms with Gasteiger partial charge in [0.15, 0.2) is 0 Å². The zero-order valence-electron chi connectivity index (χ0n) is 10.3. The molecule has 2 rings (SSSR count). The minimum absolute atomic E-state index is 0.251. The van der Waals surface area contributed by atoms with Crippen molar-refractivity contribution in [1.29, 1.82) is 0 Å². The summed E-state index contributed by atoms with van der Waals surface area (Å²) in [6.07, 6.45) is -0.750. The van der Waals surface area contributed by atoms with Crippen molar-refractivity contribution in [2.75, 3.05) is 6.54 Å². The summed E-state index contributed by atoms with van der Waals surface area (Å²) in [5, 5.41) is 10.4. The molecule has 0 heterocycles. The molecule has 0 amide bonds. The monoisotopic (exact) mass is 323 g/mol. The van der Waals surface area contributed by atoms with Crippen molar-refractivity contribution in [3.63, 3.8) is 0 Å². The van der Waals surface area contributed by atoms with Crippen molar-refractivity contribution in [2.24, 2.45) is 5.73 Å². The average molecular weight is 324 g/mol. The fourth-order valence-corrected chi connectivity index (χ4v) is 2.34. The second-order valence-electron chi connectivity index (χ2n) is 4.39. The molecule has 2 nitrogen and oxygen atoms in total. The lowest BCUT2D eigenvalue weighted by molar-refractivity contribution is 0.147. The van der Waals surface area contributed by atoms with E-state index in [1.54, 1.807) is 12.1 Å². The molecule has 2 aromatic carbocycles. The lowest BCUT2D eigenvalue weighted by Crippen LogP contribution is -2.20. The maximum atomic E-state index is 13.3. The van der Waals surface area contributed by atoms with Gasteiger partial charge in [0.25, 0.3) is 0 Å². The molecule has 0 aromatic heterocycles. The Bertz CT molecular complexity index is 544. The van der Waals surface area contributed by atoms with Crippen molar-refractivity contribution < 1.29 is 9.50 Å². The summed E-state index contributed by atoms with van der Waals surface area (Å²) in [7, 11) is 0. The Labute approximate surface area is 120 Å². The molecule has 2 aromatic rings. The van der Waals surface area contributed by atoms with Gasteiger partial charge in [-0.15, -0.1) is 0 Å². The maximum absolute atomic E-state index is 13.3. The summed E-state index contributed by atoms with van der Waals surface area (Å²) in [5.74, 6) is -0.643. The second kappa shape index (κ2) is 6.28. The largest absolute Gasteiger partial charge is 0.388 e. The van der Waals surface area contributed by atoms with Crippen molar-refractivity contribution in [1.82, 2.24) is 0 Å². The van der Waals surface area contributed by atoms with Gasteiger partial charge in [0.1, 0.15) is 5.82 Å². The summed E-state index contributed by atoms with van der Waals surface area (Å²) < 4.78 is 14.2. The van der Waals surface area contributed by atoms with E-state index in [4.69, 9.17) is 5.73 Å². The Morgan fingerprint density at radius 3 is 2.37 bits per heavy atom. The Balaban J connectivity index is 2.28. The third kappa shape index (κ3) is 3.41. The summed E-state index contributed by atoms with van der Waals surface area (Å²) in [5.41, 5.74) is 7.20. The molecule has 3 N–H and O–H groups in total. The number of halogens is 2. The molecule has 100 valence electrons. The zero-order chi connectivity index (χ0) is 13.8. The molecule has 0 saturated carbocycles. The smallest absolute Gasteiger partial charge is 0.123 e. The highest BCUT2D eigenvalue weighted by atomic mass is 79.9. The second-order valence-corrected chi connectivity index (χ2v) is 5.31. The number of hydrogen-bond donors (Lipinski definition) is 2. The first kappa shape index (κ1) is 14.2. The van der Waals surface area contributed by atoms with Crippen LogP contribution in [0, 0.1) is 5.82 Å². The van der Waals surface area contributed by atoms with Gasteiger partial charge in [0.2, 0.25) is 0 Å². The number of aliphatic hydroxyl groups excluding tert-OH is 1. The number of nitrogens with two attached hydrogens (primary N) is 1. The molecule has 0 aliphatic carbocycles. The number of rotatable bonds is 4. The summed E-state index contributed by atoms with van der Waals surface area (Å²) in [6.45, 7) is 0.251. The van der Waals surface area contributed by atoms with E-state index in [0.717, 1.165) is 10.0 Å². The molecular formula is C15H15BrFNO. The van der Waals surface area contributed by atoms with Crippen LogP contribution in [0.15, 0.2) is 53.0 Å². The first-order chi connectivity index (χ1) is 9.11. The van der Waals surface area contributed by atoms with E-state index in [9.17, 15) is 9.50 Å². The van der Waals surface area contributed by atoms with Gasteiger partial charge in [-0.05, 0) is 35.4 Å². The fourth-order valence-electron chi connectivity index (χ4n) is 2.08. The van der Waals surface area contributed by atoms with E-state index in [2.05, 4.69) is 15.9 Å². The molecule has 0 bridgehead atoms. The molecule has 2 atom stereocenters. The van der Waals surface area contributed by atoms with E-state index in [1.165, 1.54) is 12.1 Å². The lowest BCUT2D eigenvalue weighted by atomic mass is 9.89. The van der Waals surface area contributed by atoms with Gasteiger partial charge in [0.05, 0.1) is 6.10 Å². The van der Waals surface area contributed by atoms with Crippen molar-refractivity contribution >= 4 is 15.9 Å². The summed E-state index contributed by atoms with van der Waals surface area (Å²) >= 11 is 3.35. The number of hydrogen-bond acceptors (Lipinski definition) is 2. The van der Waals surface area contributed by atoms with Gasteiger partial charge in [0, 0.05) is 16.9 Å². The molecule has 19 heavy (non-hydrogen) atoms. The predicted molar refractivity (Wildman–Crippen MR) is 77.3 cm³/mol. The van der Waals surface area contributed by atoms with E-state index < -0.39 is 6.10 Å². The van der Waals surface area contributed by atoms with Crippen LogP contribution in [0.25, 0.3) is 0 Å². The topological polar surface area (TPSA) is 46.2 Å². The highest BCUT2D eigenvalue weighted by Crippen LogP contribution is 2.31. The molecule has 0 spiro atoms. The molecule has 4 heteroatoms. The molecule has 0 saturated heterocycles. The first-order valence-electron chi connectivity index (χ1n) is 6.01. The Kier molecular flexibility index (Phi) is 4.69. The van der Waals surface area contributed by atoms with Crippen molar-refractivity contribution in [2.45, 2.75) is 12.0 Å². The van der Waals surface area contributed by atoms with Gasteiger partial charge < -0.3 is 10.8 Å². The highest BCUT2D eigenvalue weighted by molar-refractivity contribution is 9.10. The summed E-state index contributed by atoms with van der Waals surface area (Å²) in [4.78, 5) is 0. The van der Waals surface area contributed by atoms with E-state index in [0.29, 0.717) is 5.56 Å². The van der Waals surface area contributed by atoms with Crippen LogP contribution in [0.2, 0.25) is 0 Å². The third-order valence-electron chi connectivity index (χ3n) is 3.12. The predicted octanol–water partition coefficient (Wildman–Crippen LogP) is 3.36. The van der Waals surface area contributed by atoms with Crippen LogP contribution in [0.4, 0.5) is 4.39 Å². The molecule has 0 aliphatic rings. The quantitative estimate of drug-likeness (QED) is 0.906. The molecular weight excluding hydrogens is 309 g/mol. The van der Waals surface area contributed by atoms with Crippen LogP contribution in [-0.2, 0) is 0 Å². The van der Waals surface area contributed by atoms with Crippen molar-refractivity contribution in [3.05, 3.63) is 69.9 Å². The van der Waals surface area contributed by atoms with Crippen LogP contribution < -0.4 is 5.73 Å². The lowest BCUT2D eigenvalue weighted by Gasteiger charge is -2.22. The van der Waals surface area contributed by atoms with Gasteiger partial charge in [-0.25, -0.2) is 4.39 Å². The first-order valence-corrected chi connectivity index (χ1v) is 6.80. The Hall–Kier alpha value is -1.23. The SMILES string of the molecule is NCC(c1cccc(F)c1)C(O)c1ccc(Br)cc1. The molecule has 0 radical (unpaired) electrons. The van der Waals surface area contributed by atoms with Crippen LogP contribution in [0.3, 0.4) is 0 Å². The normalized spacial score (nSPS) is 14.1. The number of aliphatic hydroxyl groups is 1. The molecule has 0 aliphatic heterocycles. The number of benzene rings is 2. The van der Waals surface area contributed by atoms with Gasteiger partial charge in [-0.3, -0.25) is 0 Å². The maximum Gasteiger partial charge on any atom is 0.123 e. The Morgan fingerprint density at radius 2 is 1.79 bits per heavy atom. The van der Waals surface area contributed by atoms with Gasteiger partial charge in [-0.2, -0.15) is 0 Å². The highest BCUT2D eigenvalue weighted by Gasteiger charge is 2.21. The van der Waals surface area contributed by atoms with Crippen LogP contribution in [0.1, 0.15) is 23.1 Å². The molecule has 0 fully saturated rings. The van der Waals surface area contributed by atoms with Crippen LogP contribution in [-0.4, -0.2) is 11.7 Å². The Morgan fingerprint density at radius 1 is 1.11 bits per heavy atom. The minimum atomic E-state index is -0.750. The van der Waals surface area contributed by atoms with Gasteiger partial charge >= 0.3 is 0 Å². The standard InChI is InChI=1S/C15H15BrFNO/c16-12-6-4-10(5-7-12)15(19)14(9-18)11-2-1-3-13(17)8-11/h1-8,14-15,19H,9,18H2. The zero-order valence-corrected chi connectivity index (χ0v) is 11.8.